The number of hydrogen-bond acceptors (Lipinski definition) is 19. The standard InChI is InChI=1S/C10H17N3O10.C9H16N2O8.CH4O/c1-3-6-7(4-11(14)15)21-8(5-20-2)10(23-13(18)19)9(6)22-12(16)17;1-3-6-4-17-7(5-16-2)9(19-11(14)15)8(6)18-10(12)13;1-2/h6-10H,3-5H2,1-2H3;6-9H,3-5H2,1-2H3;2H,1H3. The first-order valence-electron chi connectivity index (χ1n) is 12.8. The van der Waals surface area contributed by atoms with E-state index in [9.17, 15) is 50.6 Å². The van der Waals surface area contributed by atoms with Crippen LogP contribution in [0.3, 0.4) is 0 Å². The molecule has 0 aromatic carbocycles. The number of aliphatic hydroxyl groups excluding tert-OH is 1. The molecule has 0 aliphatic carbocycles. The van der Waals surface area contributed by atoms with Gasteiger partial charge in [-0.05, 0) is 12.8 Å². The van der Waals surface area contributed by atoms with Crippen LogP contribution in [0.1, 0.15) is 26.7 Å². The summed E-state index contributed by atoms with van der Waals surface area (Å²) in [4.78, 5) is 70.5. The average molecular weight is 652 g/mol. The number of aliphatic hydroxyl groups is 1. The van der Waals surface area contributed by atoms with Gasteiger partial charge in [0.2, 0.25) is 6.54 Å². The van der Waals surface area contributed by atoms with Crippen molar-refractivity contribution in [1.29, 1.82) is 0 Å². The number of ether oxygens (including phenoxy) is 4. The normalized spacial score (nSPS) is 29.3. The van der Waals surface area contributed by atoms with Crippen molar-refractivity contribution in [1.82, 2.24) is 0 Å². The molecule has 2 aliphatic heterocycles. The van der Waals surface area contributed by atoms with Crippen LogP contribution in [0, 0.1) is 62.4 Å². The van der Waals surface area contributed by atoms with Gasteiger partial charge < -0.3 is 43.4 Å². The molecular weight excluding hydrogens is 614 g/mol. The monoisotopic (exact) mass is 651 g/mol. The summed E-state index contributed by atoms with van der Waals surface area (Å²) in [6.07, 6.45) is -7.30. The molecule has 2 fully saturated rings. The molecule has 0 amide bonds. The van der Waals surface area contributed by atoms with E-state index in [4.69, 9.17) is 24.1 Å². The summed E-state index contributed by atoms with van der Waals surface area (Å²) in [6.45, 7) is 2.77. The van der Waals surface area contributed by atoms with Crippen molar-refractivity contribution in [3.63, 3.8) is 0 Å². The summed E-state index contributed by atoms with van der Waals surface area (Å²) in [5, 5.41) is 55.9. The number of hydrogen-bond donors (Lipinski definition) is 1. The Morgan fingerprint density at radius 3 is 1.50 bits per heavy atom. The molecule has 0 aromatic heterocycles. The van der Waals surface area contributed by atoms with Gasteiger partial charge in [-0.3, -0.25) is 10.1 Å². The Morgan fingerprint density at radius 2 is 1.09 bits per heavy atom. The Balaban J connectivity index is 0.000000808. The number of methoxy groups -OCH3 is 2. The minimum Gasteiger partial charge on any atom is -0.400 e. The summed E-state index contributed by atoms with van der Waals surface area (Å²) >= 11 is 0. The molecule has 24 heteroatoms. The molecule has 1 N–H and O–H groups in total. The number of nitrogens with zero attached hydrogens (tertiary/aromatic N) is 5. The van der Waals surface area contributed by atoms with Crippen molar-refractivity contribution in [3.8, 4) is 0 Å². The third-order valence-corrected chi connectivity index (χ3v) is 6.44. The molecule has 0 spiro atoms. The lowest BCUT2D eigenvalue weighted by molar-refractivity contribution is -0.805. The van der Waals surface area contributed by atoms with E-state index in [-0.39, 0.29) is 32.2 Å². The summed E-state index contributed by atoms with van der Waals surface area (Å²) in [6, 6.07) is 0. The SMILES string of the molecule is CCC1C(C[N+](=O)[O-])OC(COC)C(O[N+](=O)[O-])C1O[N+](=O)[O-].CCC1COC(COC)C(O[N+](=O)[O-])C1O[N+](=O)[O-].CO. The van der Waals surface area contributed by atoms with Crippen LogP contribution in [0.2, 0.25) is 0 Å². The highest BCUT2D eigenvalue weighted by molar-refractivity contribution is 4.92. The Morgan fingerprint density at radius 1 is 0.659 bits per heavy atom. The zero-order chi connectivity index (χ0) is 34.0. The summed E-state index contributed by atoms with van der Waals surface area (Å²) in [7, 11) is 3.67. The Kier molecular flexibility index (Phi) is 18.9. The zero-order valence-corrected chi connectivity index (χ0v) is 24.5. The minimum atomic E-state index is -1.44. The first-order valence-corrected chi connectivity index (χ1v) is 12.8. The predicted octanol–water partition coefficient (Wildman–Crippen LogP) is -0.323. The van der Waals surface area contributed by atoms with Crippen LogP contribution in [-0.2, 0) is 38.3 Å². The van der Waals surface area contributed by atoms with Crippen molar-refractivity contribution in [3.05, 3.63) is 50.6 Å². The third-order valence-electron chi connectivity index (χ3n) is 6.44. The highest BCUT2D eigenvalue weighted by Gasteiger charge is 2.51. The quantitative estimate of drug-likeness (QED) is 0.165. The largest absolute Gasteiger partial charge is 0.400 e. The molecule has 24 nitrogen and oxygen atoms in total. The maximum atomic E-state index is 10.8. The van der Waals surface area contributed by atoms with Crippen molar-refractivity contribution in [2.45, 2.75) is 69.4 Å². The molecule has 2 rings (SSSR count). The average Bonchev–Trinajstić information content (AvgIpc) is 2.93. The Labute approximate surface area is 248 Å². The van der Waals surface area contributed by atoms with E-state index in [1.165, 1.54) is 14.2 Å². The van der Waals surface area contributed by atoms with Gasteiger partial charge in [-0.2, -0.15) is 0 Å². The Bertz CT molecular complexity index is 915. The topological polar surface area (TPSA) is 310 Å². The smallest absolute Gasteiger partial charge is 0.294 e. The van der Waals surface area contributed by atoms with Crippen LogP contribution in [0.15, 0.2) is 0 Å². The molecular formula is C20H37N5O19. The first kappa shape index (κ1) is 40.0. The van der Waals surface area contributed by atoms with Crippen molar-refractivity contribution < 1.29 is 68.7 Å². The van der Waals surface area contributed by atoms with Gasteiger partial charge in [-0.15, -0.1) is 40.5 Å². The van der Waals surface area contributed by atoms with Crippen molar-refractivity contribution in [2.75, 3.05) is 47.7 Å². The fourth-order valence-corrected chi connectivity index (χ4v) is 4.70. The van der Waals surface area contributed by atoms with Gasteiger partial charge in [0.25, 0.3) is 20.3 Å². The molecule has 0 aromatic rings. The molecule has 2 heterocycles. The van der Waals surface area contributed by atoms with Gasteiger partial charge in [0.1, 0.15) is 30.5 Å². The minimum absolute atomic E-state index is 0.0204. The molecule has 9 atom stereocenters. The van der Waals surface area contributed by atoms with E-state index >= 15 is 0 Å². The second-order valence-corrected chi connectivity index (χ2v) is 8.93. The fraction of sp³-hybridized carbons (Fsp3) is 1.00. The number of nitro groups is 1. The molecule has 0 saturated carbocycles. The number of rotatable bonds is 16. The van der Waals surface area contributed by atoms with Crippen LogP contribution in [-0.4, -0.2) is 121 Å². The molecule has 44 heavy (non-hydrogen) atoms. The van der Waals surface area contributed by atoms with E-state index in [0.29, 0.717) is 6.42 Å². The molecule has 2 aliphatic rings. The van der Waals surface area contributed by atoms with Gasteiger partial charge in [-0.1, -0.05) is 13.8 Å². The van der Waals surface area contributed by atoms with Gasteiger partial charge in [0.15, 0.2) is 12.2 Å². The third kappa shape index (κ3) is 13.1. The lowest BCUT2D eigenvalue weighted by Gasteiger charge is -2.42. The summed E-state index contributed by atoms with van der Waals surface area (Å²) in [5.41, 5.74) is 0. The molecule has 0 radical (unpaired) electrons. The van der Waals surface area contributed by atoms with Crippen LogP contribution < -0.4 is 0 Å². The molecule has 9 unspecified atom stereocenters. The van der Waals surface area contributed by atoms with Crippen molar-refractivity contribution in [2.24, 2.45) is 11.8 Å². The van der Waals surface area contributed by atoms with Gasteiger partial charge >= 0.3 is 0 Å². The first-order chi connectivity index (χ1) is 20.8. The summed E-state index contributed by atoms with van der Waals surface area (Å²) < 4.78 is 20.6. The van der Waals surface area contributed by atoms with E-state index in [2.05, 4.69) is 19.4 Å². The van der Waals surface area contributed by atoms with Crippen LogP contribution in [0.4, 0.5) is 0 Å². The maximum Gasteiger partial charge on any atom is 0.294 e. The second-order valence-electron chi connectivity index (χ2n) is 8.93. The lowest BCUT2D eigenvalue weighted by Crippen LogP contribution is -2.59. The lowest BCUT2D eigenvalue weighted by atomic mass is 9.84. The molecule has 0 bridgehead atoms. The molecule has 2 saturated heterocycles. The highest BCUT2D eigenvalue weighted by atomic mass is 17.0. The van der Waals surface area contributed by atoms with E-state index in [1.54, 1.807) is 13.8 Å². The summed E-state index contributed by atoms with van der Waals surface area (Å²) in [5.74, 6) is -1.19. The zero-order valence-electron chi connectivity index (χ0n) is 24.5. The van der Waals surface area contributed by atoms with E-state index < -0.39 is 80.5 Å². The maximum absolute atomic E-state index is 10.8. The van der Waals surface area contributed by atoms with Gasteiger partial charge in [0, 0.05) is 38.1 Å². The van der Waals surface area contributed by atoms with Crippen molar-refractivity contribution >= 4 is 0 Å². The van der Waals surface area contributed by atoms with E-state index in [1.807, 2.05) is 0 Å². The molecule has 256 valence electrons. The predicted molar refractivity (Wildman–Crippen MR) is 137 cm³/mol. The fourth-order valence-electron chi connectivity index (χ4n) is 4.70. The Hall–Kier alpha value is -4.00. The van der Waals surface area contributed by atoms with Gasteiger partial charge in [0.05, 0.1) is 19.8 Å². The second kappa shape index (κ2) is 20.8. The van der Waals surface area contributed by atoms with Gasteiger partial charge in [-0.25, -0.2) is 0 Å². The van der Waals surface area contributed by atoms with Crippen LogP contribution in [0.25, 0.3) is 0 Å². The highest BCUT2D eigenvalue weighted by Crippen LogP contribution is 2.33. The van der Waals surface area contributed by atoms with E-state index in [0.717, 1.165) is 7.11 Å². The van der Waals surface area contributed by atoms with Crippen LogP contribution in [0.5, 0.6) is 0 Å². The van der Waals surface area contributed by atoms with Crippen LogP contribution >= 0.6 is 0 Å².